The van der Waals surface area contributed by atoms with Gasteiger partial charge in [-0.15, -0.1) is 0 Å². The minimum Gasteiger partial charge on any atom is -0.399 e. The summed E-state index contributed by atoms with van der Waals surface area (Å²) in [6.07, 6.45) is 0.996. The van der Waals surface area contributed by atoms with Gasteiger partial charge in [0.05, 0.1) is 17.1 Å². The number of rotatable bonds is 2. The zero-order valence-electron chi connectivity index (χ0n) is 12.3. The Hall–Kier alpha value is -2.57. The average molecular weight is 320 g/mol. The highest BCUT2D eigenvalue weighted by atomic mass is 35.5. The van der Waals surface area contributed by atoms with Crippen molar-refractivity contribution in [2.24, 2.45) is 0 Å². The summed E-state index contributed by atoms with van der Waals surface area (Å²) in [5.41, 5.74) is 10.3. The summed E-state index contributed by atoms with van der Waals surface area (Å²) in [7, 11) is 0. The van der Waals surface area contributed by atoms with Crippen molar-refractivity contribution >= 4 is 28.2 Å². The van der Waals surface area contributed by atoms with Crippen LogP contribution in [0.2, 0.25) is 5.02 Å². The van der Waals surface area contributed by atoms with E-state index in [0.717, 1.165) is 34.3 Å². The molecule has 4 heteroatoms. The van der Waals surface area contributed by atoms with Crippen LogP contribution in [0.5, 0.6) is 0 Å². The molecule has 0 bridgehead atoms. The van der Waals surface area contributed by atoms with Crippen LogP contribution < -0.4 is 5.73 Å². The molecule has 1 fully saturated rings. The number of nitrogen functional groups attached to an aromatic ring is 1. The van der Waals surface area contributed by atoms with E-state index in [2.05, 4.69) is 18.2 Å². The molecule has 0 saturated heterocycles. The summed E-state index contributed by atoms with van der Waals surface area (Å²) in [5.74, 6) is 0.653. The maximum atomic E-state index is 9.29. The predicted molar refractivity (Wildman–Crippen MR) is 92.4 cm³/mol. The number of fused-ring (bicyclic) bond motifs is 1. The first-order valence-corrected chi connectivity index (χ1v) is 7.89. The lowest BCUT2D eigenvalue weighted by Crippen LogP contribution is -1.93. The minimum atomic E-state index is 0.314. The number of halogens is 1. The molecule has 0 radical (unpaired) electrons. The lowest BCUT2D eigenvalue weighted by Gasteiger charge is -2.06. The van der Waals surface area contributed by atoms with Gasteiger partial charge in [-0.2, -0.15) is 5.26 Å². The molecular formula is C19H14ClN3. The number of pyridine rings is 1. The van der Waals surface area contributed by atoms with Crippen molar-refractivity contribution in [3.05, 3.63) is 70.4 Å². The fourth-order valence-corrected chi connectivity index (χ4v) is 3.34. The van der Waals surface area contributed by atoms with Crippen LogP contribution >= 0.6 is 11.6 Å². The van der Waals surface area contributed by atoms with Gasteiger partial charge in [-0.1, -0.05) is 23.7 Å². The van der Waals surface area contributed by atoms with Crippen molar-refractivity contribution in [3.63, 3.8) is 0 Å². The molecule has 1 aliphatic rings. The van der Waals surface area contributed by atoms with Gasteiger partial charge in [-0.3, -0.25) is 4.98 Å². The molecule has 0 spiro atoms. The molecule has 0 aliphatic heterocycles. The summed E-state index contributed by atoms with van der Waals surface area (Å²) in [4.78, 5) is 4.76. The largest absolute Gasteiger partial charge is 0.399 e. The maximum absolute atomic E-state index is 9.29. The van der Waals surface area contributed by atoms with E-state index < -0.39 is 0 Å². The van der Waals surface area contributed by atoms with Gasteiger partial charge in [0.1, 0.15) is 0 Å². The van der Waals surface area contributed by atoms with Crippen molar-refractivity contribution in [2.75, 3.05) is 5.73 Å². The highest BCUT2D eigenvalue weighted by Gasteiger charge is 2.41. The number of anilines is 1. The van der Waals surface area contributed by atoms with Gasteiger partial charge in [-0.05, 0) is 54.3 Å². The standard InChI is InChI=1S/C19H14ClN3/c20-13-4-1-12(10-21)15(7-13)16-9-17(16)18-6-3-11-2-5-14(22)8-19(11)23-18/h1-8,16-17H,9,22H2. The number of nitriles is 1. The molecule has 2 unspecified atom stereocenters. The fourth-order valence-electron chi connectivity index (χ4n) is 3.16. The number of aromatic nitrogens is 1. The lowest BCUT2D eigenvalue weighted by molar-refractivity contribution is 0.976. The van der Waals surface area contributed by atoms with Crippen molar-refractivity contribution in [3.8, 4) is 6.07 Å². The smallest absolute Gasteiger partial charge is 0.0994 e. The summed E-state index contributed by atoms with van der Waals surface area (Å²) < 4.78 is 0. The summed E-state index contributed by atoms with van der Waals surface area (Å²) in [6.45, 7) is 0. The third-order valence-electron chi connectivity index (χ3n) is 4.44. The van der Waals surface area contributed by atoms with Crippen molar-refractivity contribution < 1.29 is 0 Å². The van der Waals surface area contributed by atoms with Gasteiger partial charge in [0.2, 0.25) is 0 Å². The van der Waals surface area contributed by atoms with Crippen LogP contribution in [0.15, 0.2) is 48.5 Å². The molecule has 2 aromatic carbocycles. The van der Waals surface area contributed by atoms with Gasteiger partial charge >= 0.3 is 0 Å². The molecule has 1 heterocycles. The number of benzene rings is 2. The van der Waals surface area contributed by atoms with Gasteiger partial charge in [-0.25, -0.2) is 0 Å². The summed E-state index contributed by atoms with van der Waals surface area (Å²) in [5, 5.41) is 11.0. The topological polar surface area (TPSA) is 62.7 Å². The average Bonchev–Trinajstić information content (AvgIpc) is 3.34. The van der Waals surface area contributed by atoms with Crippen molar-refractivity contribution in [2.45, 2.75) is 18.3 Å². The number of nitrogens with zero attached hydrogens (tertiary/aromatic N) is 2. The zero-order chi connectivity index (χ0) is 16.0. The number of nitrogens with two attached hydrogens (primary N) is 1. The number of hydrogen-bond donors (Lipinski definition) is 1. The van der Waals surface area contributed by atoms with Gasteiger partial charge in [0.15, 0.2) is 0 Å². The van der Waals surface area contributed by atoms with Crippen molar-refractivity contribution in [1.82, 2.24) is 4.98 Å². The second kappa shape index (κ2) is 5.26. The Labute approximate surface area is 139 Å². The van der Waals surface area contributed by atoms with Crippen LogP contribution in [-0.4, -0.2) is 4.98 Å². The van der Waals surface area contributed by atoms with E-state index in [1.165, 1.54) is 0 Å². The predicted octanol–water partition coefficient (Wildman–Crippen LogP) is 4.61. The Balaban J connectivity index is 1.69. The van der Waals surface area contributed by atoms with Crippen LogP contribution in [0.25, 0.3) is 10.9 Å². The van der Waals surface area contributed by atoms with Crippen LogP contribution in [-0.2, 0) is 0 Å². The van der Waals surface area contributed by atoms with Gasteiger partial charge in [0.25, 0.3) is 0 Å². The van der Waals surface area contributed by atoms with Crippen LogP contribution in [0, 0.1) is 11.3 Å². The molecule has 0 amide bonds. The molecule has 2 atom stereocenters. The van der Waals surface area contributed by atoms with E-state index in [9.17, 15) is 5.26 Å². The minimum absolute atomic E-state index is 0.314. The third-order valence-corrected chi connectivity index (χ3v) is 4.68. The molecule has 1 aromatic heterocycles. The normalized spacial score (nSPS) is 19.5. The summed E-state index contributed by atoms with van der Waals surface area (Å²) >= 11 is 6.10. The summed E-state index contributed by atoms with van der Waals surface area (Å²) in [6, 6.07) is 17.6. The van der Waals surface area contributed by atoms with Gasteiger partial charge in [0, 0.05) is 27.7 Å². The molecule has 23 heavy (non-hydrogen) atoms. The highest BCUT2D eigenvalue weighted by molar-refractivity contribution is 6.30. The Morgan fingerprint density at radius 3 is 2.74 bits per heavy atom. The monoisotopic (exact) mass is 319 g/mol. The molecule has 3 aromatic rings. The molecule has 112 valence electrons. The third kappa shape index (κ3) is 2.52. The Morgan fingerprint density at radius 1 is 1.09 bits per heavy atom. The number of hydrogen-bond acceptors (Lipinski definition) is 3. The van der Waals surface area contributed by atoms with Crippen LogP contribution in [0.1, 0.15) is 35.1 Å². The van der Waals surface area contributed by atoms with E-state index >= 15 is 0 Å². The SMILES string of the molecule is N#Cc1ccc(Cl)cc1C1CC1c1ccc2ccc(N)cc2n1. The van der Waals surface area contributed by atoms with E-state index in [-0.39, 0.29) is 0 Å². The lowest BCUT2D eigenvalue weighted by atomic mass is 10.0. The van der Waals surface area contributed by atoms with Gasteiger partial charge < -0.3 is 5.73 Å². The molecule has 1 saturated carbocycles. The van der Waals surface area contributed by atoms with E-state index in [1.807, 2.05) is 24.3 Å². The maximum Gasteiger partial charge on any atom is 0.0994 e. The first-order chi connectivity index (χ1) is 11.2. The second-order valence-corrected chi connectivity index (χ2v) is 6.42. The second-order valence-electron chi connectivity index (χ2n) is 5.98. The fraction of sp³-hybridized carbons (Fsp3) is 0.158. The first-order valence-electron chi connectivity index (χ1n) is 7.51. The highest BCUT2D eigenvalue weighted by Crippen LogP contribution is 2.55. The quantitative estimate of drug-likeness (QED) is 0.701. The van der Waals surface area contributed by atoms with Crippen LogP contribution in [0.4, 0.5) is 5.69 Å². The van der Waals surface area contributed by atoms with E-state index in [4.69, 9.17) is 22.3 Å². The molecule has 1 aliphatic carbocycles. The molecule has 2 N–H and O–H groups in total. The zero-order valence-corrected chi connectivity index (χ0v) is 13.1. The molecular weight excluding hydrogens is 306 g/mol. The van der Waals surface area contributed by atoms with E-state index in [0.29, 0.717) is 22.4 Å². The Morgan fingerprint density at radius 2 is 1.91 bits per heavy atom. The van der Waals surface area contributed by atoms with Crippen LogP contribution in [0.3, 0.4) is 0 Å². The Kier molecular flexibility index (Phi) is 3.21. The van der Waals surface area contributed by atoms with Crippen molar-refractivity contribution in [1.29, 1.82) is 5.26 Å². The van der Waals surface area contributed by atoms with E-state index in [1.54, 1.807) is 12.1 Å². The molecule has 3 nitrogen and oxygen atoms in total. The first kappa shape index (κ1) is 14.0. The molecule has 4 rings (SSSR count). The Bertz CT molecular complexity index is 958.